The van der Waals surface area contributed by atoms with E-state index < -0.39 is 0 Å². The van der Waals surface area contributed by atoms with Gasteiger partial charge in [0.05, 0.1) is 36.7 Å². The summed E-state index contributed by atoms with van der Waals surface area (Å²) in [5.41, 5.74) is 4.20. The fourth-order valence-corrected chi connectivity index (χ4v) is 8.04. The lowest BCUT2D eigenvalue weighted by molar-refractivity contribution is 0.0147. The van der Waals surface area contributed by atoms with Crippen LogP contribution in [0.5, 0.6) is 5.75 Å². The van der Waals surface area contributed by atoms with E-state index in [4.69, 9.17) is 23.7 Å². The largest absolute Gasteiger partial charge is 0.491 e. The molecule has 1 saturated carbocycles. The number of thiazole rings is 1. The molecular weight excluding hydrogens is 545 g/mol. The molecule has 212 valence electrons. The number of methoxy groups -OCH3 is 1. The molecule has 10 heteroatoms. The summed E-state index contributed by atoms with van der Waals surface area (Å²) < 4.78 is 38.9. The lowest BCUT2D eigenvalue weighted by atomic mass is 10.00. The Morgan fingerprint density at radius 3 is 2.73 bits per heavy atom. The van der Waals surface area contributed by atoms with Gasteiger partial charge in [-0.15, -0.1) is 0 Å². The van der Waals surface area contributed by atoms with Gasteiger partial charge in [-0.1, -0.05) is 28.6 Å². The molecule has 0 radical (unpaired) electrons. The van der Waals surface area contributed by atoms with Gasteiger partial charge < -0.3 is 23.6 Å². The molecule has 41 heavy (non-hydrogen) atoms. The number of ether oxygens (including phenoxy) is 3. The second-order valence-corrected chi connectivity index (χ2v) is 12.5. The number of halogens is 1. The molecule has 2 bridgehead atoms. The minimum absolute atomic E-state index is 0.0899. The van der Waals surface area contributed by atoms with E-state index >= 15 is 0 Å². The maximum absolute atomic E-state index is 14.7. The van der Waals surface area contributed by atoms with Crippen LogP contribution in [-0.2, 0) is 22.5 Å². The third-order valence-corrected chi connectivity index (χ3v) is 10.0. The summed E-state index contributed by atoms with van der Waals surface area (Å²) in [6.07, 6.45) is 6.88. The van der Waals surface area contributed by atoms with E-state index in [9.17, 15) is 9.18 Å². The Kier molecular flexibility index (Phi) is 6.03. The average Bonchev–Trinajstić information content (AvgIpc) is 3.28. The SMILES string of the molecule is COC(=O)c1cc2sc(N3[C@@H]4CC[C@H]3CC(OCc3c(-c5ccccc5F)noc3C3CC3)C4)nc2c2c1CCO2. The van der Waals surface area contributed by atoms with Crippen molar-refractivity contribution in [3.63, 3.8) is 0 Å². The quantitative estimate of drug-likeness (QED) is 0.234. The van der Waals surface area contributed by atoms with Gasteiger partial charge in [0, 0.05) is 41.1 Å². The molecule has 2 aromatic carbocycles. The number of nitrogens with zero attached hydrogens (tertiary/aromatic N) is 3. The van der Waals surface area contributed by atoms with Crippen LogP contribution in [0.4, 0.5) is 9.52 Å². The number of hydrogen-bond donors (Lipinski definition) is 0. The van der Waals surface area contributed by atoms with E-state index in [0.717, 1.165) is 76.5 Å². The fraction of sp³-hybridized carbons (Fsp3) is 0.452. The summed E-state index contributed by atoms with van der Waals surface area (Å²) in [7, 11) is 1.41. The van der Waals surface area contributed by atoms with Crippen molar-refractivity contribution in [1.82, 2.24) is 10.1 Å². The highest BCUT2D eigenvalue weighted by molar-refractivity contribution is 7.22. The lowest BCUT2D eigenvalue weighted by Gasteiger charge is -2.38. The Hall–Kier alpha value is -3.50. The molecule has 3 aliphatic heterocycles. The number of fused-ring (bicyclic) bond motifs is 5. The van der Waals surface area contributed by atoms with Crippen molar-refractivity contribution in [3.8, 4) is 17.0 Å². The minimum atomic E-state index is -0.336. The van der Waals surface area contributed by atoms with Crippen LogP contribution in [0.2, 0.25) is 0 Å². The molecule has 0 amide bonds. The van der Waals surface area contributed by atoms with Gasteiger partial charge in [0.25, 0.3) is 0 Å². The maximum Gasteiger partial charge on any atom is 0.338 e. The first-order valence-electron chi connectivity index (χ1n) is 14.4. The van der Waals surface area contributed by atoms with Crippen LogP contribution in [0.1, 0.15) is 71.7 Å². The predicted molar refractivity (Wildman–Crippen MR) is 151 cm³/mol. The van der Waals surface area contributed by atoms with Gasteiger partial charge in [-0.05, 0) is 56.7 Å². The molecule has 8 rings (SSSR count). The number of aromatic nitrogens is 2. The Balaban J connectivity index is 1.03. The van der Waals surface area contributed by atoms with Gasteiger partial charge in [0.15, 0.2) is 10.9 Å². The molecule has 3 fully saturated rings. The number of piperidine rings is 1. The summed E-state index contributed by atoms with van der Waals surface area (Å²) in [6, 6.07) is 9.27. The van der Waals surface area contributed by atoms with E-state index in [1.54, 1.807) is 23.5 Å². The van der Waals surface area contributed by atoms with Gasteiger partial charge in [0.2, 0.25) is 0 Å². The normalized spacial score (nSPS) is 23.2. The molecule has 3 atom stereocenters. The molecule has 0 spiro atoms. The number of carbonyl (C=O) groups is 1. The highest BCUT2D eigenvalue weighted by atomic mass is 32.1. The minimum Gasteiger partial charge on any atom is -0.491 e. The molecule has 4 aromatic rings. The molecule has 4 aliphatic rings. The van der Waals surface area contributed by atoms with Crippen molar-refractivity contribution in [2.45, 2.75) is 75.7 Å². The van der Waals surface area contributed by atoms with Crippen LogP contribution < -0.4 is 9.64 Å². The van der Waals surface area contributed by atoms with Crippen molar-refractivity contribution in [1.29, 1.82) is 0 Å². The molecule has 2 saturated heterocycles. The second kappa shape index (κ2) is 9.80. The summed E-state index contributed by atoms with van der Waals surface area (Å²) in [5, 5.41) is 5.26. The Morgan fingerprint density at radius 1 is 1.17 bits per heavy atom. The summed E-state index contributed by atoms with van der Waals surface area (Å²) in [4.78, 5) is 20.0. The predicted octanol–water partition coefficient (Wildman–Crippen LogP) is 6.41. The highest BCUT2D eigenvalue weighted by Crippen LogP contribution is 2.47. The first-order chi connectivity index (χ1) is 20.1. The monoisotopic (exact) mass is 575 g/mol. The zero-order valence-corrected chi connectivity index (χ0v) is 23.5. The summed E-state index contributed by atoms with van der Waals surface area (Å²) in [6.45, 7) is 0.913. The third kappa shape index (κ3) is 4.22. The van der Waals surface area contributed by atoms with E-state index in [1.807, 2.05) is 12.1 Å². The molecule has 0 N–H and O–H groups in total. The zero-order valence-electron chi connectivity index (χ0n) is 22.7. The van der Waals surface area contributed by atoms with Gasteiger partial charge in [0.1, 0.15) is 22.8 Å². The second-order valence-electron chi connectivity index (χ2n) is 11.5. The van der Waals surface area contributed by atoms with E-state index in [2.05, 4.69) is 10.1 Å². The van der Waals surface area contributed by atoms with Crippen molar-refractivity contribution in [2.24, 2.45) is 0 Å². The molecule has 2 aromatic heterocycles. The van der Waals surface area contributed by atoms with Crippen molar-refractivity contribution in [2.75, 3.05) is 18.6 Å². The van der Waals surface area contributed by atoms with Crippen molar-refractivity contribution >= 4 is 32.7 Å². The van der Waals surface area contributed by atoms with Crippen LogP contribution in [0.25, 0.3) is 21.5 Å². The first kappa shape index (κ1) is 25.2. The molecule has 1 unspecified atom stereocenters. The van der Waals surface area contributed by atoms with Crippen molar-refractivity contribution in [3.05, 3.63) is 58.6 Å². The number of carbonyl (C=O) groups excluding carboxylic acids is 1. The Labute approximate surface area is 240 Å². The summed E-state index contributed by atoms with van der Waals surface area (Å²) >= 11 is 1.62. The van der Waals surface area contributed by atoms with Crippen LogP contribution in [0.3, 0.4) is 0 Å². The molecule has 1 aliphatic carbocycles. The number of anilines is 1. The summed E-state index contributed by atoms with van der Waals surface area (Å²) in [5.74, 6) is 1.28. The van der Waals surface area contributed by atoms with Gasteiger partial charge in [-0.25, -0.2) is 14.2 Å². The smallest absolute Gasteiger partial charge is 0.338 e. The van der Waals surface area contributed by atoms with Crippen LogP contribution in [0.15, 0.2) is 34.9 Å². The van der Waals surface area contributed by atoms with Crippen LogP contribution >= 0.6 is 11.3 Å². The Bertz CT molecular complexity index is 1650. The Morgan fingerprint density at radius 2 is 1.98 bits per heavy atom. The van der Waals surface area contributed by atoms with E-state index in [-0.39, 0.29) is 17.9 Å². The number of benzene rings is 2. The molecular formula is C31H30FN3O5S. The van der Waals surface area contributed by atoms with E-state index in [0.29, 0.717) is 54.5 Å². The first-order valence-corrected chi connectivity index (χ1v) is 15.2. The number of rotatable bonds is 7. The molecule has 5 heterocycles. The molecule has 8 nitrogen and oxygen atoms in total. The van der Waals surface area contributed by atoms with Crippen molar-refractivity contribution < 1.29 is 27.9 Å². The standard InChI is InChI=1S/C31H30FN3O5S/c1-37-30(36)22-14-25-27(29-20(22)10-11-38-29)33-31(41-25)35-17-8-9-18(35)13-19(12-17)39-15-23-26(21-4-2-3-5-24(21)32)34-40-28(23)16-6-7-16/h2-5,14,16-19H,6-13,15H2,1H3/t17-,18+,19?. The highest BCUT2D eigenvalue weighted by Gasteiger charge is 2.43. The van der Waals surface area contributed by atoms with Gasteiger partial charge in [-0.2, -0.15) is 0 Å². The maximum atomic E-state index is 14.7. The van der Waals surface area contributed by atoms with Gasteiger partial charge in [-0.3, -0.25) is 0 Å². The van der Waals surface area contributed by atoms with Crippen LogP contribution in [-0.4, -0.2) is 48.0 Å². The number of esters is 1. The average molecular weight is 576 g/mol. The topological polar surface area (TPSA) is 86.9 Å². The lowest BCUT2D eigenvalue weighted by Crippen LogP contribution is -2.45. The third-order valence-electron chi connectivity index (χ3n) is 9.01. The zero-order chi connectivity index (χ0) is 27.7. The van der Waals surface area contributed by atoms with Gasteiger partial charge >= 0.3 is 5.97 Å². The van der Waals surface area contributed by atoms with E-state index in [1.165, 1.54) is 13.2 Å². The van der Waals surface area contributed by atoms with Crippen LogP contribution in [0, 0.1) is 5.82 Å². The number of hydrogen-bond acceptors (Lipinski definition) is 9. The fourth-order valence-electron chi connectivity index (χ4n) is 6.89.